The number of sulfone groups is 1. The van der Waals surface area contributed by atoms with Gasteiger partial charge in [0.15, 0.2) is 9.84 Å². The lowest BCUT2D eigenvalue weighted by molar-refractivity contribution is -0.142. The number of benzene rings is 2. The molecule has 31 heavy (non-hydrogen) atoms. The van der Waals surface area contributed by atoms with E-state index >= 15 is 0 Å². The Morgan fingerprint density at radius 2 is 1.71 bits per heavy atom. The van der Waals surface area contributed by atoms with Gasteiger partial charge < -0.3 is 10.6 Å². The van der Waals surface area contributed by atoms with Crippen molar-refractivity contribution >= 4 is 21.7 Å². The maximum atomic E-state index is 13.0. The molecule has 0 radical (unpaired) electrons. The number of rotatable bonds is 8. The van der Waals surface area contributed by atoms with Gasteiger partial charge in [-0.3, -0.25) is 14.5 Å². The van der Waals surface area contributed by atoms with E-state index in [0.29, 0.717) is 19.6 Å². The summed E-state index contributed by atoms with van der Waals surface area (Å²) in [6.45, 7) is 1.93. The summed E-state index contributed by atoms with van der Waals surface area (Å²) in [4.78, 5) is 28.1. The van der Waals surface area contributed by atoms with E-state index in [-0.39, 0.29) is 11.3 Å². The van der Waals surface area contributed by atoms with E-state index in [1.54, 1.807) is 0 Å². The first-order valence-corrected chi connectivity index (χ1v) is 11.7. The van der Waals surface area contributed by atoms with Gasteiger partial charge in [-0.25, -0.2) is 12.8 Å². The summed E-state index contributed by atoms with van der Waals surface area (Å²) < 4.78 is 37.9. The average molecular weight is 448 g/mol. The first kappa shape index (κ1) is 22.9. The van der Waals surface area contributed by atoms with Crippen LogP contribution in [0, 0.1) is 5.82 Å². The number of nitrogens with two attached hydrogens (primary N) is 1. The molecule has 0 aliphatic carbocycles. The molecule has 2 amide bonds. The van der Waals surface area contributed by atoms with E-state index in [0.717, 1.165) is 25.1 Å². The van der Waals surface area contributed by atoms with Crippen molar-refractivity contribution in [1.82, 2.24) is 9.80 Å². The van der Waals surface area contributed by atoms with Crippen LogP contribution in [0.15, 0.2) is 59.5 Å². The summed E-state index contributed by atoms with van der Waals surface area (Å²) in [6, 6.07) is 13.6. The Hall–Kier alpha value is -2.78. The number of carbonyl (C=O) groups excluding carboxylic acids is 2. The van der Waals surface area contributed by atoms with Crippen molar-refractivity contribution in [3.63, 3.8) is 0 Å². The number of hydrogen-bond acceptors (Lipinski definition) is 5. The van der Waals surface area contributed by atoms with Gasteiger partial charge in [-0.2, -0.15) is 0 Å². The third kappa shape index (κ3) is 6.11. The molecule has 2 aromatic carbocycles. The summed E-state index contributed by atoms with van der Waals surface area (Å²) in [7, 11) is -3.74. The summed E-state index contributed by atoms with van der Waals surface area (Å²) in [5.74, 6) is -2.00. The zero-order valence-corrected chi connectivity index (χ0v) is 17.9. The first-order chi connectivity index (χ1) is 14.8. The molecule has 1 aliphatic rings. The molecular formula is C22H26FN3O4S. The third-order valence-electron chi connectivity index (χ3n) is 5.43. The van der Waals surface area contributed by atoms with Crippen molar-refractivity contribution in [2.75, 3.05) is 31.9 Å². The van der Waals surface area contributed by atoms with Gasteiger partial charge in [0.05, 0.1) is 10.6 Å². The highest BCUT2D eigenvalue weighted by Crippen LogP contribution is 2.16. The highest BCUT2D eigenvalue weighted by Gasteiger charge is 2.34. The number of carbonyl (C=O) groups is 2. The van der Waals surface area contributed by atoms with Gasteiger partial charge in [-0.1, -0.05) is 30.3 Å². The lowest BCUT2D eigenvalue weighted by atomic mass is 10.1. The molecule has 166 valence electrons. The minimum Gasteiger partial charge on any atom is -0.368 e. The lowest BCUT2D eigenvalue weighted by Crippen LogP contribution is -2.60. The summed E-state index contributed by atoms with van der Waals surface area (Å²) in [5.41, 5.74) is 6.72. The van der Waals surface area contributed by atoms with Crippen LogP contribution >= 0.6 is 0 Å². The molecule has 7 nitrogen and oxygen atoms in total. The van der Waals surface area contributed by atoms with E-state index in [1.165, 1.54) is 22.6 Å². The fourth-order valence-corrected chi connectivity index (χ4v) is 4.87. The molecule has 1 atom stereocenters. The summed E-state index contributed by atoms with van der Waals surface area (Å²) in [5, 5.41) is 0. The van der Waals surface area contributed by atoms with Crippen molar-refractivity contribution in [2.45, 2.75) is 23.8 Å². The number of amides is 2. The molecule has 1 saturated heterocycles. The maximum absolute atomic E-state index is 13.0. The predicted molar refractivity (Wildman–Crippen MR) is 114 cm³/mol. The van der Waals surface area contributed by atoms with Crippen molar-refractivity contribution in [1.29, 1.82) is 0 Å². The molecule has 1 heterocycles. The normalized spacial score (nSPS) is 17.5. The van der Waals surface area contributed by atoms with Crippen LogP contribution in [-0.4, -0.2) is 68.0 Å². The van der Waals surface area contributed by atoms with Gasteiger partial charge in [0, 0.05) is 32.6 Å². The standard InChI is InChI=1S/C22H26FN3O4S/c23-18-6-8-19(9-7-18)31(29,30)15-11-21(27)26-14-13-25(16-20(26)22(24)28)12-10-17-4-2-1-3-5-17/h1-9,20H,10-16H2,(H2,24,28). The number of piperazine rings is 1. The lowest BCUT2D eigenvalue weighted by Gasteiger charge is -2.40. The smallest absolute Gasteiger partial charge is 0.241 e. The molecule has 9 heteroatoms. The largest absolute Gasteiger partial charge is 0.368 e. The van der Waals surface area contributed by atoms with Crippen molar-refractivity contribution in [2.24, 2.45) is 5.73 Å². The Morgan fingerprint density at radius 1 is 1.03 bits per heavy atom. The monoisotopic (exact) mass is 447 g/mol. The van der Waals surface area contributed by atoms with Crippen molar-refractivity contribution in [3.8, 4) is 0 Å². The zero-order chi connectivity index (χ0) is 22.4. The quantitative estimate of drug-likeness (QED) is 0.614. The molecular weight excluding hydrogens is 421 g/mol. The SMILES string of the molecule is NC(=O)C1CN(CCc2ccccc2)CCN1C(=O)CCS(=O)(=O)c1ccc(F)cc1. The van der Waals surface area contributed by atoms with Gasteiger partial charge in [-0.15, -0.1) is 0 Å². The highest BCUT2D eigenvalue weighted by atomic mass is 32.2. The maximum Gasteiger partial charge on any atom is 0.241 e. The number of halogens is 1. The van der Waals surface area contributed by atoms with Crippen LogP contribution in [0.2, 0.25) is 0 Å². The van der Waals surface area contributed by atoms with E-state index in [9.17, 15) is 22.4 Å². The van der Waals surface area contributed by atoms with Crippen LogP contribution < -0.4 is 5.73 Å². The van der Waals surface area contributed by atoms with E-state index in [2.05, 4.69) is 4.90 Å². The Balaban J connectivity index is 1.57. The molecule has 1 aliphatic heterocycles. The summed E-state index contributed by atoms with van der Waals surface area (Å²) in [6.07, 6.45) is 0.545. The Morgan fingerprint density at radius 3 is 2.35 bits per heavy atom. The van der Waals surface area contributed by atoms with Crippen molar-refractivity contribution in [3.05, 3.63) is 66.0 Å². The van der Waals surface area contributed by atoms with Crippen LogP contribution in [0.4, 0.5) is 4.39 Å². The van der Waals surface area contributed by atoms with Crippen LogP contribution in [-0.2, 0) is 25.8 Å². The molecule has 1 fully saturated rings. The Labute approximate surface area is 181 Å². The van der Waals surface area contributed by atoms with Crippen LogP contribution in [0.5, 0.6) is 0 Å². The second kappa shape index (κ2) is 10.0. The first-order valence-electron chi connectivity index (χ1n) is 10.1. The second-order valence-corrected chi connectivity index (χ2v) is 9.67. The topological polar surface area (TPSA) is 101 Å². The number of hydrogen-bond donors (Lipinski definition) is 1. The van der Waals surface area contributed by atoms with E-state index in [4.69, 9.17) is 5.73 Å². The van der Waals surface area contributed by atoms with E-state index < -0.39 is 39.3 Å². The van der Waals surface area contributed by atoms with E-state index in [1.807, 2.05) is 30.3 Å². The van der Waals surface area contributed by atoms with Gasteiger partial charge in [-0.05, 0) is 36.2 Å². The molecule has 0 saturated carbocycles. The third-order valence-corrected chi connectivity index (χ3v) is 7.16. The minimum atomic E-state index is -3.74. The molecule has 2 aromatic rings. The molecule has 3 rings (SSSR count). The Kier molecular flexibility index (Phi) is 7.40. The average Bonchev–Trinajstić information content (AvgIpc) is 2.77. The highest BCUT2D eigenvalue weighted by molar-refractivity contribution is 7.91. The van der Waals surface area contributed by atoms with Crippen molar-refractivity contribution < 1.29 is 22.4 Å². The van der Waals surface area contributed by atoms with Gasteiger partial charge >= 0.3 is 0 Å². The Bertz CT molecular complexity index is 1010. The van der Waals surface area contributed by atoms with Crippen LogP contribution in [0.3, 0.4) is 0 Å². The number of primary amides is 1. The van der Waals surface area contributed by atoms with Gasteiger partial charge in [0.25, 0.3) is 0 Å². The molecule has 0 spiro atoms. The number of nitrogens with zero attached hydrogens (tertiary/aromatic N) is 2. The molecule has 2 N–H and O–H groups in total. The summed E-state index contributed by atoms with van der Waals surface area (Å²) >= 11 is 0. The zero-order valence-electron chi connectivity index (χ0n) is 17.1. The van der Waals surface area contributed by atoms with Gasteiger partial charge in [0.1, 0.15) is 11.9 Å². The molecule has 0 aromatic heterocycles. The van der Waals surface area contributed by atoms with Crippen LogP contribution in [0.1, 0.15) is 12.0 Å². The molecule has 0 bridgehead atoms. The van der Waals surface area contributed by atoms with Crippen LogP contribution in [0.25, 0.3) is 0 Å². The minimum absolute atomic E-state index is 0.0427. The predicted octanol–water partition coefficient (Wildman–Crippen LogP) is 1.23. The van der Waals surface area contributed by atoms with Gasteiger partial charge in [0.2, 0.25) is 11.8 Å². The fraction of sp³-hybridized carbons (Fsp3) is 0.364. The fourth-order valence-electron chi connectivity index (χ4n) is 3.64. The molecule has 1 unspecified atom stereocenters. The second-order valence-electron chi connectivity index (χ2n) is 7.56.